The van der Waals surface area contributed by atoms with Gasteiger partial charge in [-0.15, -0.1) is 0 Å². The molecule has 0 N–H and O–H groups in total. The molecule has 0 bridgehead atoms. The molecule has 6 nitrogen and oxygen atoms in total. The van der Waals surface area contributed by atoms with Crippen molar-refractivity contribution < 1.29 is 26.5 Å². The molecule has 0 atom stereocenters. The first-order valence-corrected chi connectivity index (χ1v) is 7.97. The number of hydrogen-bond acceptors (Lipinski definition) is 6. The van der Waals surface area contributed by atoms with E-state index in [1.165, 1.54) is 18.4 Å². The summed E-state index contributed by atoms with van der Waals surface area (Å²) in [7, 11) is -3.61. The third-order valence-corrected chi connectivity index (χ3v) is 3.01. The second-order valence-electron chi connectivity index (χ2n) is 4.20. The molecule has 1 aromatic heterocycles. The molecule has 2 rings (SSSR count). The highest BCUT2D eigenvalue weighted by molar-refractivity contribution is 7.86. The zero-order valence-corrected chi connectivity index (χ0v) is 12.3. The minimum atomic E-state index is -3.61. The Morgan fingerprint density at radius 2 is 2.05 bits per heavy atom. The zero-order chi connectivity index (χ0) is 15.5. The number of benzene rings is 1. The van der Waals surface area contributed by atoms with Crippen LogP contribution in [-0.2, 0) is 14.9 Å². The molecule has 112 valence electrons. The van der Waals surface area contributed by atoms with Crippen LogP contribution in [0.15, 0.2) is 41.0 Å². The molecular formula is C14H14O6S. The van der Waals surface area contributed by atoms with E-state index in [2.05, 4.69) is 0 Å². The maximum atomic E-state index is 11.8. The van der Waals surface area contributed by atoms with Crippen molar-refractivity contribution >= 4 is 16.1 Å². The molecule has 1 aromatic carbocycles. The summed E-state index contributed by atoms with van der Waals surface area (Å²) in [5.41, 5.74) is 1.10. The molecule has 1 heterocycles. The van der Waals surface area contributed by atoms with Crippen LogP contribution in [-0.4, -0.2) is 27.2 Å². The number of rotatable bonds is 5. The fourth-order valence-corrected chi connectivity index (χ4v) is 2.23. The number of carbonyl (C=O) groups is 1. The minimum absolute atomic E-state index is 0.0633. The summed E-state index contributed by atoms with van der Waals surface area (Å²) >= 11 is 0. The monoisotopic (exact) mass is 310 g/mol. The van der Waals surface area contributed by atoms with E-state index in [0.29, 0.717) is 11.1 Å². The summed E-state index contributed by atoms with van der Waals surface area (Å²) < 4.78 is 37.1. The van der Waals surface area contributed by atoms with E-state index < -0.39 is 16.1 Å². The Balaban J connectivity index is 2.37. The van der Waals surface area contributed by atoms with Gasteiger partial charge in [-0.25, -0.2) is 4.79 Å². The Kier molecular flexibility index (Phi) is 4.32. The third kappa shape index (κ3) is 3.85. The van der Waals surface area contributed by atoms with Crippen LogP contribution in [0.25, 0.3) is 11.1 Å². The van der Waals surface area contributed by atoms with Crippen LogP contribution in [0.3, 0.4) is 0 Å². The summed E-state index contributed by atoms with van der Waals surface area (Å²) in [6, 6.07) is 7.95. The largest absolute Gasteiger partial charge is 0.460 e. The Hall–Kier alpha value is -2.28. The third-order valence-electron chi connectivity index (χ3n) is 2.52. The van der Waals surface area contributed by atoms with Gasteiger partial charge in [0.2, 0.25) is 5.76 Å². The molecule has 0 unspecified atom stereocenters. The normalized spacial score (nSPS) is 11.1. The number of carbonyl (C=O) groups excluding carboxylic acids is 1. The number of ether oxygens (including phenoxy) is 1. The van der Waals surface area contributed by atoms with Crippen LogP contribution in [0.2, 0.25) is 0 Å². The van der Waals surface area contributed by atoms with Crippen LogP contribution in [0, 0.1) is 0 Å². The highest BCUT2D eigenvalue weighted by atomic mass is 32.2. The Morgan fingerprint density at radius 3 is 2.71 bits per heavy atom. The van der Waals surface area contributed by atoms with Gasteiger partial charge in [0.05, 0.1) is 19.1 Å². The van der Waals surface area contributed by atoms with Crippen molar-refractivity contribution in [3.8, 4) is 16.9 Å². The lowest BCUT2D eigenvalue weighted by Gasteiger charge is -2.06. The van der Waals surface area contributed by atoms with E-state index in [0.717, 1.165) is 6.26 Å². The molecule has 0 aliphatic rings. The lowest BCUT2D eigenvalue weighted by Crippen LogP contribution is -2.06. The summed E-state index contributed by atoms with van der Waals surface area (Å²) in [4.78, 5) is 11.8. The molecule has 0 fully saturated rings. The summed E-state index contributed by atoms with van der Waals surface area (Å²) in [6.07, 6.45) is 2.33. The number of hydrogen-bond donors (Lipinski definition) is 0. The predicted octanol–water partition coefficient (Wildman–Crippen LogP) is 2.46. The van der Waals surface area contributed by atoms with Gasteiger partial charge in [0.1, 0.15) is 5.75 Å². The van der Waals surface area contributed by atoms with E-state index in [9.17, 15) is 13.2 Å². The second kappa shape index (κ2) is 6.01. The lowest BCUT2D eigenvalue weighted by molar-refractivity contribution is 0.0491. The fraction of sp³-hybridized carbons (Fsp3) is 0.214. The zero-order valence-electron chi connectivity index (χ0n) is 11.5. The Bertz CT molecular complexity index is 744. The quantitative estimate of drug-likeness (QED) is 0.623. The van der Waals surface area contributed by atoms with E-state index in [1.54, 1.807) is 25.1 Å². The summed E-state index contributed by atoms with van der Waals surface area (Å²) in [5.74, 6) is -0.355. The highest BCUT2D eigenvalue weighted by Crippen LogP contribution is 2.28. The van der Waals surface area contributed by atoms with E-state index in [1.807, 2.05) is 0 Å². The molecule has 7 heteroatoms. The van der Waals surface area contributed by atoms with Gasteiger partial charge in [-0.1, -0.05) is 12.1 Å². The van der Waals surface area contributed by atoms with E-state index >= 15 is 0 Å². The van der Waals surface area contributed by atoms with Crippen molar-refractivity contribution in [2.75, 3.05) is 12.9 Å². The Labute approximate surface area is 122 Å². The molecule has 0 amide bonds. The van der Waals surface area contributed by atoms with Crippen molar-refractivity contribution in [2.45, 2.75) is 6.92 Å². The molecule has 0 radical (unpaired) electrons. The minimum Gasteiger partial charge on any atom is -0.460 e. The average Bonchev–Trinajstić information content (AvgIpc) is 2.86. The lowest BCUT2D eigenvalue weighted by atomic mass is 10.1. The SMILES string of the molecule is CCOC(=O)c1occc1-c1cccc(OS(C)(=O)=O)c1. The fourth-order valence-electron chi connectivity index (χ4n) is 1.78. The van der Waals surface area contributed by atoms with Gasteiger partial charge in [0.25, 0.3) is 0 Å². The number of esters is 1. The van der Waals surface area contributed by atoms with Crippen molar-refractivity contribution in [1.29, 1.82) is 0 Å². The average molecular weight is 310 g/mol. The summed E-state index contributed by atoms with van der Waals surface area (Å²) in [6.45, 7) is 1.93. The topological polar surface area (TPSA) is 82.8 Å². The molecule has 0 saturated carbocycles. The van der Waals surface area contributed by atoms with Crippen LogP contribution >= 0.6 is 0 Å². The van der Waals surface area contributed by atoms with Crippen molar-refractivity contribution in [2.24, 2.45) is 0 Å². The maximum absolute atomic E-state index is 11.8. The van der Waals surface area contributed by atoms with Crippen LogP contribution in [0.4, 0.5) is 0 Å². The molecule has 0 aliphatic carbocycles. The second-order valence-corrected chi connectivity index (χ2v) is 5.77. The highest BCUT2D eigenvalue weighted by Gasteiger charge is 2.18. The van der Waals surface area contributed by atoms with Gasteiger partial charge in [0.15, 0.2) is 0 Å². The van der Waals surface area contributed by atoms with Gasteiger partial charge in [-0.2, -0.15) is 8.42 Å². The van der Waals surface area contributed by atoms with Crippen molar-refractivity contribution in [3.05, 3.63) is 42.4 Å². The molecule has 2 aromatic rings. The number of furan rings is 1. The van der Waals surface area contributed by atoms with Gasteiger partial charge in [-0.3, -0.25) is 0 Å². The van der Waals surface area contributed by atoms with Gasteiger partial charge < -0.3 is 13.3 Å². The first-order valence-electron chi connectivity index (χ1n) is 6.15. The first kappa shape index (κ1) is 15.1. The molecule has 0 aliphatic heterocycles. The standard InChI is InChI=1S/C14H14O6S/c1-3-18-14(15)13-12(7-8-19-13)10-5-4-6-11(9-10)20-21(2,16)17/h4-9H,3H2,1-2H3. The van der Waals surface area contributed by atoms with Gasteiger partial charge in [-0.05, 0) is 30.7 Å². The first-order chi connectivity index (χ1) is 9.90. The van der Waals surface area contributed by atoms with Crippen molar-refractivity contribution in [3.63, 3.8) is 0 Å². The van der Waals surface area contributed by atoms with Crippen molar-refractivity contribution in [1.82, 2.24) is 0 Å². The van der Waals surface area contributed by atoms with Crippen LogP contribution in [0.1, 0.15) is 17.5 Å². The summed E-state index contributed by atoms with van der Waals surface area (Å²) in [5, 5.41) is 0. The maximum Gasteiger partial charge on any atom is 0.374 e. The van der Waals surface area contributed by atoms with Crippen LogP contribution < -0.4 is 4.18 Å². The van der Waals surface area contributed by atoms with Gasteiger partial charge >= 0.3 is 16.1 Å². The molecule has 21 heavy (non-hydrogen) atoms. The van der Waals surface area contributed by atoms with Crippen LogP contribution in [0.5, 0.6) is 5.75 Å². The van der Waals surface area contributed by atoms with Gasteiger partial charge in [0, 0.05) is 5.56 Å². The molecule has 0 spiro atoms. The Morgan fingerprint density at radius 1 is 1.29 bits per heavy atom. The smallest absolute Gasteiger partial charge is 0.374 e. The van der Waals surface area contributed by atoms with E-state index in [-0.39, 0.29) is 18.1 Å². The predicted molar refractivity (Wildman–Crippen MR) is 75.6 cm³/mol. The molecular weight excluding hydrogens is 296 g/mol. The van der Waals surface area contributed by atoms with E-state index in [4.69, 9.17) is 13.3 Å². The molecule has 0 saturated heterocycles.